The van der Waals surface area contributed by atoms with E-state index in [0.29, 0.717) is 5.02 Å². The molecule has 0 aliphatic carbocycles. The van der Waals surface area contributed by atoms with Crippen molar-refractivity contribution in [1.82, 2.24) is 9.73 Å². The molecular weight excluding hydrogens is 482 g/mol. The lowest BCUT2D eigenvalue weighted by atomic mass is 10.1. The zero-order valence-electron chi connectivity index (χ0n) is 19.1. The number of fused-ring (bicyclic) bond motifs is 1. The largest absolute Gasteiger partial charge is 0.272 e. The third kappa shape index (κ3) is 6.14. The van der Waals surface area contributed by atoms with Gasteiger partial charge in [0.25, 0.3) is 5.91 Å². The number of benzene rings is 4. The van der Waals surface area contributed by atoms with E-state index in [0.717, 1.165) is 31.8 Å². The van der Waals surface area contributed by atoms with Gasteiger partial charge in [-0.25, -0.2) is 13.8 Å². The molecule has 0 saturated carbocycles. The third-order valence-electron chi connectivity index (χ3n) is 5.43. The van der Waals surface area contributed by atoms with Crippen molar-refractivity contribution in [3.63, 3.8) is 0 Å². The molecule has 0 bridgehead atoms. The van der Waals surface area contributed by atoms with Gasteiger partial charge < -0.3 is 0 Å². The van der Waals surface area contributed by atoms with Crippen LogP contribution in [0.2, 0.25) is 5.02 Å². The summed E-state index contributed by atoms with van der Waals surface area (Å²) in [6.45, 7) is 1.56. The van der Waals surface area contributed by atoms with E-state index >= 15 is 0 Å². The van der Waals surface area contributed by atoms with E-state index in [1.165, 1.54) is 24.3 Å². The van der Waals surface area contributed by atoms with Crippen molar-refractivity contribution in [2.24, 2.45) is 5.10 Å². The van der Waals surface area contributed by atoms with Gasteiger partial charge >= 0.3 is 0 Å². The Morgan fingerprint density at radius 2 is 1.69 bits per heavy atom. The maximum absolute atomic E-state index is 13.4. The van der Waals surface area contributed by atoms with Gasteiger partial charge in [-0.1, -0.05) is 83.9 Å². The minimum atomic E-state index is -3.97. The third-order valence-corrected chi connectivity index (χ3v) is 7.49. The monoisotopic (exact) mass is 505 g/mol. The minimum Gasteiger partial charge on any atom is -0.272 e. The van der Waals surface area contributed by atoms with Gasteiger partial charge in [-0.2, -0.15) is 9.41 Å². The highest BCUT2D eigenvalue weighted by Crippen LogP contribution is 2.21. The Bertz CT molecular complexity index is 1480. The molecule has 0 atom stereocenters. The van der Waals surface area contributed by atoms with Crippen LogP contribution in [0.5, 0.6) is 0 Å². The fourth-order valence-corrected chi connectivity index (χ4v) is 5.24. The Labute approximate surface area is 209 Å². The Balaban J connectivity index is 1.54. The van der Waals surface area contributed by atoms with Gasteiger partial charge in [-0.3, -0.25) is 4.79 Å². The first-order valence-corrected chi connectivity index (χ1v) is 12.8. The number of carbonyl (C=O) groups is 1. The van der Waals surface area contributed by atoms with Gasteiger partial charge in [0.1, 0.15) is 0 Å². The molecule has 0 radical (unpaired) electrons. The Kier molecular flexibility index (Phi) is 7.60. The number of hydrazone groups is 1. The van der Waals surface area contributed by atoms with Crippen LogP contribution in [-0.4, -0.2) is 31.4 Å². The maximum atomic E-state index is 13.4. The fourth-order valence-electron chi connectivity index (χ4n) is 3.73. The quantitative estimate of drug-likeness (QED) is 0.266. The van der Waals surface area contributed by atoms with Crippen molar-refractivity contribution in [3.8, 4) is 0 Å². The molecule has 6 nitrogen and oxygen atoms in total. The fraction of sp³-hybridized carbons (Fsp3) is 0.111. The first kappa shape index (κ1) is 24.6. The second-order valence-electron chi connectivity index (χ2n) is 8.08. The van der Waals surface area contributed by atoms with E-state index in [2.05, 4.69) is 10.5 Å². The highest BCUT2D eigenvalue weighted by Gasteiger charge is 2.27. The molecular formula is C27H24ClN3O3S. The Morgan fingerprint density at radius 1 is 0.971 bits per heavy atom. The van der Waals surface area contributed by atoms with E-state index in [1.807, 2.05) is 73.7 Å². The molecule has 8 heteroatoms. The Morgan fingerprint density at radius 3 is 2.46 bits per heavy atom. The van der Waals surface area contributed by atoms with Crippen molar-refractivity contribution in [1.29, 1.82) is 0 Å². The number of carbonyl (C=O) groups excluding carboxylic acids is 1. The molecule has 1 N–H and O–H groups in total. The van der Waals surface area contributed by atoms with Crippen LogP contribution in [0.25, 0.3) is 10.8 Å². The number of halogens is 1. The molecule has 0 aromatic heterocycles. The molecule has 0 aliphatic rings. The highest BCUT2D eigenvalue weighted by atomic mass is 35.5. The average molecular weight is 506 g/mol. The summed E-state index contributed by atoms with van der Waals surface area (Å²) in [5.74, 6) is -0.549. The van der Waals surface area contributed by atoms with Gasteiger partial charge in [0.05, 0.1) is 17.7 Å². The summed E-state index contributed by atoms with van der Waals surface area (Å²) in [7, 11) is -3.97. The predicted molar refractivity (Wildman–Crippen MR) is 140 cm³/mol. The number of hydrogen-bond donors (Lipinski definition) is 1. The highest BCUT2D eigenvalue weighted by molar-refractivity contribution is 7.89. The molecule has 0 unspecified atom stereocenters. The van der Waals surface area contributed by atoms with Crippen LogP contribution in [0.3, 0.4) is 0 Å². The molecule has 4 rings (SSSR count). The van der Waals surface area contributed by atoms with Crippen LogP contribution < -0.4 is 5.43 Å². The molecule has 0 saturated heterocycles. The number of nitrogens with zero attached hydrogens (tertiary/aromatic N) is 2. The number of aryl methyl sites for hydroxylation is 1. The molecule has 0 aliphatic heterocycles. The van der Waals surface area contributed by atoms with Crippen molar-refractivity contribution >= 4 is 44.5 Å². The van der Waals surface area contributed by atoms with Crippen LogP contribution >= 0.6 is 11.6 Å². The number of hydrogen-bond acceptors (Lipinski definition) is 4. The first-order valence-electron chi connectivity index (χ1n) is 10.9. The van der Waals surface area contributed by atoms with E-state index in [1.54, 1.807) is 6.21 Å². The molecule has 1 amide bonds. The summed E-state index contributed by atoms with van der Waals surface area (Å²) in [4.78, 5) is 12.8. The average Bonchev–Trinajstić information content (AvgIpc) is 2.84. The number of nitrogens with one attached hydrogen (secondary N) is 1. The van der Waals surface area contributed by atoms with Crippen molar-refractivity contribution < 1.29 is 13.2 Å². The maximum Gasteiger partial charge on any atom is 0.255 e. The zero-order chi connectivity index (χ0) is 24.8. The van der Waals surface area contributed by atoms with Gasteiger partial charge in [0.15, 0.2) is 0 Å². The SMILES string of the molecule is Cc1cccc(CN(CC(=O)N/N=C\c2cccc3ccccc23)S(=O)(=O)c2ccc(Cl)cc2)c1. The van der Waals surface area contributed by atoms with Crippen molar-refractivity contribution in [2.45, 2.75) is 18.4 Å². The molecule has 4 aromatic carbocycles. The predicted octanol–water partition coefficient (Wildman–Crippen LogP) is 5.14. The Hall–Kier alpha value is -3.52. The minimum absolute atomic E-state index is 0.0348. The number of rotatable bonds is 8. The number of amides is 1. The molecule has 4 aromatic rings. The molecule has 0 heterocycles. The molecule has 178 valence electrons. The summed E-state index contributed by atoms with van der Waals surface area (Å²) in [5.41, 5.74) is 5.07. The second-order valence-corrected chi connectivity index (χ2v) is 10.5. The van der Waals surface area contributed by atoms with E-state index < -0.39 is 22.5 Å². The lowest BCUT2D eigenvalue weighted by molar-refractivity contribution is -0.121. The van der Waals surface area contributed by atoms with Crippen LogP contribution in [0, 0.1) is 6.92 Å². The molecule has 0 fully saturated rings. The van der Waals surface area contributed by atoms with E-state index in [9.17, 15) is 13.2 Å². The zero-order valence-corrected chi connectivity index (χ0v) is 20.6. The summed E-state index contributed by atoms with van der Waals surface area (Å²) in [5, 5.41) is 6.55. The first-order chi connectivity index (χ1) is 16.8. The van der Waals surface area contributed by atoms with Gasteiger partial charge in [0, 0.05) is 17.1 Å². The molecule has 0 spiro atoms. The smallest absolute Gasteiger partial charge is 0.255 e. The van der Waals surface area contributed by atoms with Crippen molar-refractivity contribution in [2.75, 3.05) is 6.54 Å². The summed E-state index contributed by atoms with van der Waals surface area (Å²) < 4.78 is 27.9. The van der Waals surface area contributed by atoms with Crippen molar-refractivity contribution in [3.05, 3.63) is 113 Å². The topological polar surface area (TPSA) is 78.8 Å². The van der Waals surface area contributed by atoms with Crippen LogP contribution in [0.4, 0.5) is 0 Å². The molecule has 35 heavy (non-hydrogen) atoms. The lowest BCUT2D eigenvalue weighted by Gasteiger charge is -2.21. The lowest BCUT2D eigenvalue weighted by Crippen LogP contribution is -2.39. The summed E-state index contributed by atoms with van der Waals surface area (Å²) >= 11 is 5.93. The number of sulfonamides is 1. The standard InChI is InChI=1S/C27H24ClN3O3S/c1-20-6-4-7-21(16-20)18-31(35(33,34)25-14-12-24(28)13-15-25)19-27(32)30-29-17-23-10-5-9-22-8-2-3-11-26(22)23/h2-17H,18-19H2,1H3,(H,30,32)/b29-17-. The second kappa shape index (κ2) is 10.8. The normalized spacial score (nSPS) is 11.9. The van der Waals surface area contributed by atoms with Crippen LogP contribution in [-0.2, 0) is 21.4 Å². The van der Waals surface area contributed by atoms with E-state index in [4.69, 9.17) is 11.6 Å². The van der Waals surface area contributed by atoms with Gasteiger partial charge in [-0.05, 0) is 47.5 Å². The van der Waals surface area contributed by atoms with E-state index in [-0.39, 0.29) is 11.4 Å². The van der Waals surface area contributed by atoms with Gasteiger partial charge in [-0.15, -0.1) is 0 Å². The van der Waals surface area contributed by atoms with Crippen LogP contribution in [0.1, 0.15) is 16.7 Å². The van der Waals surface area contributed by atoms with Crippen LogP contribution in [0.15, 0.2) is 101 Å². The summed E-state index contributed by atoms with van der Waals surface area (Å²) in [6.07, 6.45) is 1.55. The van der Waals surface area contributed by atoms with Gasteiger partial charge in [0.2, 0.25) is 10.0 Å². The summed E-state index contributed by atoms with van der Waals surface area (Å²) in [6, 6.07) is 27.0.